The van der Waals surface area contributed by atoms with E-state index < -0.39 is 5.91 Å². The first kappa shape index (κ1) is 21.4. The summed E-state index contributed by atoms with van der Waals surface area (Å²) in [4.78, 5) is 36.5. The van der Waals surface area contributed by atoms with Gasteiger partial charge in [0, 0.05) is 22.0 Å². The molecule has 0 fully saturated rings. The van der Waals surface area contributed by atoms with Gasteiger partial charge in [-0.3, -0.25) is 14.4 Å². The molecule has 28 heavy (non-hydrogen) atoms. The van der Waals surface area contributed by atoms with Gasteiger partial charge < -0.3 is 21.3 Å². The molecular weight excluding hydrogens is 380 g/mol. The van der Waals surface area contributed by atoms with Crippen molar-refractivity contribution in [2.75, 3.05) is 30.3 Å². The molecule has 0 saturated carbocycles. The molecule has 1 unspecified atom stereocenters. The third-order valence-corrected chi connectivity index (χ3v) is 4.48. The molecule has 0 saturated heterocycles. The molecule has 0 aromatic heterocycles. The largest absolute Gasteiger partial charge is 0.366 e. The molecule has 0 aliphatic rings. The second kappa shape index (κ2) is 9.87. The number of hydrogen-bond donors (Lipinski definition) is 4. The SMILES string of the molecule is CC[NH+](CC(=O)Nc1ccc(C(N)=O)cc1)CC(=O)Nc1cc(Cl)ccc1C. The Labute approximate surface area is 168 Å². The maximum Gasteiger partial charge on any atom is 0.279 e. The second-order valence-corrected chi connectivity index (χ2v) is 6.89. The maximum atomic E-state index is 12.3. The third kappa shape index (κ3) is 6.37. The van der Waals surface area contributed by atoms with Gasteiger partial charge in [0.25, 0.3) is 11.8 Å². The lowest BCUT2D eigenvalue weighted by Gasteiger charge is -2.17. The van der Waals surface area contributed by atoms with E-state index in [2.05, 4.69) is 10.6 Å². The highest BCUT2D eigenvalue weighted by Gasteiger charge is 2.17. The number of benzene rings is 2. The molecule has 2 aromatic carbocycles. The zero-order valence-corrected chi connectivity index (χ0v) is 16.6. The smallest absolute Gasteiger partial charge is 0.279 e. The number of halogens is 1. The van der Waals surface area contributed by atoms with E-state index >= 15 is 0 Å². The number of carbonyl (C=O) groups excluding carboxylic acids is 3. The van der Waals surface area contributed by atoms with Crippen molar-refractivity contribution in [1.82, 2.24) is 0 Å². The predicted molar refractivity (Wildman–Crippen MR) is 110 cm³/mol. The lowest BCUT2D eigenvalue weighted by molar-refractivity contribution is -0.881. The zero-order chi connectivity index (χ0) is 20.7. The van der Waals surface area contributed by atoms with Crippen LogP contribution in [0.3, 0.4) is 0 Å². The highest BCUT2D eigenvalue weighted by molar-refractivity contribution is 6.31. The normalized spacial score (nSPS) is 11.5. The van der Waals surface area contributed by atoms with Crippen LogP contribution in [0.1, 0.15) is 22.8 Å². The molecule has 0 spiro atoms. The molecule has 0 heterocycles. The van der Waals surface area contributed by atoms with Gasteiger partial charge in [-0.25, -0.2) is 0 Å². The molecule has 0 bridgehead atoms. The molecule has 8 heteroatoms. The molecule has 2 rings (SSSR count). The van der Waals surface area contributed by atoms with Crippen molar-refractivity contribution in [3.8, 4) is 0 Å². The van der Waals surface area contributed by atoms with Crippen LogP contribution in [-0.2, 0) is 9.59 Å². The zero-order valence-electron chi connectivity index (χ0n) is 15.8. The Kier molecular flexibility index (Phi) is 7.54. The average molecular weight is 404 g/mol. The summed E-state index contributed by atoms with van der Waals surface area (Å²) in [5.41, 5.74) is 7.69. The molecule has 7 nitrogen and oxygen atoms in total. The van der Waals surface area contributed by atoms with E-state index in [0.29, 0.717) is 28.5 Å². The summed E-state index contributed by atoms with van der Waals surface area (Å²) < 4.78 is 0. The first-order valence-corrected chi connectivity index (χ1v) is 9.25. The van der Waals surface area contributed by atoms with Crippen molar-refractivity contribution in [3.05, 3.63) is 58.6 Å². The van der Waals surface area contributed by atoms with Crippen molar-refractivity contribution in [2.24, 2.45) is 5.73 Å². The Hall–Kier alpha value is -2.90. The molecule has 0 radical (unpaired) electrons. The number of primary amides is 1. The number of anilines is 2. The van der Waals surface area contributed by atoms with Crippen LogP contribution in [0.2, 0.25) is 5.02 Å². The van der Waals surface area contributed by atoms with E-state index in [4.69, 9.17) is 17.3 Å². The second-order valence-electron chi connectivity index (χ2n) is 6.45. The fourth-order valence-corrected chi connectivity index (χ4v) is 2.79. The van der Waals surface area contributed by atoms with E-state index in [1.54, 1.807) is 36.4 Å². The Balaban J connectivity index is 1.90. The van der Waals surface area contributed by atoms with Crippen molar-refractivity contribution in [2.45, 2.75) is 13.8 Å². The molecular formula is C20H24ClN4O3+. The highest BCUT2D eigenvalue weighted by atomic mass is 35.5. The number of nitrogens with two attached hydrogens (primary N) is 1. The summed E-state index contributed by atoms with van der Waals surface area (Å²) in [6.45, 7) is 4.68. The van der Waals surface area contributed by atoms with Crippen LogP contribution in [0, 0.1) is 6.92 Å². The van der Waals surface area contributed by atoms with Crippen molar-refractivity contribution >= 4 is 40.7 Å². The number of hydrogen-bond acceptors (Lipinski definition) is 3. The Morgan fingerprint density at radius 1 is 1.00 bits per heavy atom. The van der Waals surface area contributed by atoms with Crippen LogP contribution < -0.4 is 21.3 Å². The van der Waals surface area contributed by atoms with Crippen molar-refractivity contribution in [1.29, 1.82) is 0 Å². The number of quaternary nitrogens is 1. The van der Waals surface area contributed by atoms with Gasteiger partial charge in [-0.05, 0) is 55.8 Å². The van der Waals surface area contributed by atoms with Gasteiger partial charge in [0.2, 0.25) is 5.91 Å². The van der Waals surface area contributed by atoms with Crippen LogP contribution in [-0.4, -0.2) is 37.4 Å². The van der Waals surface area contributed by atoms with Gasteiger partial charge >= 0.3 is 0 Å². The summed E-state index contributed by atoms with van der Waals surface area (Å²) >= 11 is 5.97. The van der Waals surface area contributed by atoms with Crippen molar-refractivity contribution in [3.63, 3.8) is 0 Å². The fourth-order valence-electron chi connectivity index (χ4n) is 2.61. The molecule has 3 amide bonds. The first-order chi connectivity index (χ1) is 13.3. The van der Waals surface area contributed by atoms with Crippen LogP contribution >= 0.6 is 11.6 Å². The predicted octanol–water partition coefficient (Wildman–Crippen LogP) is 1.23. The molecule has 0 aliphatic heterocycles. The summed E-state index contributed by atoms with van der Waals surface area (Å²) in [5.74, 6) is -0.948. The monoisotopic (exact) mass is 403 g/mol. The van der Waals surface area contributed by atoms with E-state index in [1.807, 2.05) is 19.9 Å². The van der Waals surface area contributed by atoms with Gasteiger partial charge in [0.15, 0.2) is 13.1 Å². The van der Waals surface area contributed by atoms with Gasteiger partial charge in [-0.15, -0.1) is 0 Å². The van der Waals surface area contributed by atoms with Gasteiger partial charge in [-0.1, -0.05) is 17.7 Å². The summed E-state index contributed by atoms with van der Waals surface area (Å²) in [6.07, 6.45) is 0. The maximum absolute atomic E-state index is 12.3. The van der Waals surface area contributed by atoms with Crippen LogP contribution in [0.5, 0.6) is 0 Å². The lowest BCUT2D eigenvalue weighted by atomic mass is 10.2. The standard InChI is InChI=1S/C20H23ClN4O3/c1-3-25(12-19(27)24-17-10-15(21)7-4-13(17)2)11-18(26)23-16-8-5-14(6-9-16)20(22)28/h4-10H,3,11-12H2,1-2H3,(H2,22,28)(H,23,26)(H,24,27)/p+1. The Morgan fingerprint density at radius 3 is 2.18 bits per heavy atom. The van der Waals surface area contributed by atoms with E-state index in [1.165, 1.54) is 0 Å². The Morgan fingerprint density at radius 2 is 1.61 bits per heavy atom. The topological polar surface area (TPSA) is 106 Å². The number of rotatable bonds is 8. The molecule has 1 atom stereocenters. The molecule has 2 aromatic rings. The summed E-state index contributed by atoms with van der Waals surface area (Å²) in [6, 6.07) is 11.6. The minimum Gasteiger partial charge on any atom is -0.366 e. The first-order valence-electron chi connectivity index (χ1n) is 8.87. The third-order valence-electron chi connectivity index (χ3n) is 4.25. The lowest BCUT2D eigenvalue weighted by Crippen LogP contribution is -3.13. The van der Waals surface area contributed by atoms with E-state index in [9.17, 15) is 14.4 Å². The quantitative estimate of drug-likeness (QED) is 0.532. The van der Waals surface area contributed by atoms with Crippen molar-refractivity contribution < 1.29 is 19.3 Å². The minimum absolute atomic E-state index is 0.135. The van der Waals surface area contributed by atoms with E-state index in [-0.39, 0.29) is 24.9 Å². The van der Waals surface area contributed by atoms with Gasteiger partial charge in [0.05, 0.1) is 6.54 Å². The highest BCUT2D eigenvalue weighted by Crippen LogP contribution is 2.19. The minimum atomic E-state index is -0.527. The molecule has 148 valence electrons. The van der Waals surface area contributed by atoms with Crippen LogP contribution in [0.4, 0.5) is 11.4 Å². The number of amides is 3. The van der Waals surface area contributed by atoms with Crippen LogP contribution in [0.15, 0.2) is 42.5 Å². The number of likely N-dealkylation sites (N-methyl/N-ethyl adjacent to an activating group) is 1. The summed E-state index contributed by atoms with van der Waals surface area (Å²) in [7, 11) is 0. The van der Waals surface area contributed by atoms with Crippen LogP contribution in [0.25, 0.3) is 0 Å². The Bertz CT molecular complexity index is 868. The molecule has 5 N–H and O–H groups in total. The molecule has 0 aliphatic carbocycles. The number of carbonyl (C=O) groups is 3. The number of aryl methyl sites for hydroxylation is 1. The average Bonchev–Trinajstić information content (AvgIpc) is 2.64. The fraction of sp³-hybridized carbons (Fsp3) is 0.250. The van der Waals surface area contributed by atoms with E-state index in [0.717, 1.165) is 10.5 Å². The van der Waals surface area contributed by atoms with Gasteiger partial charge in [0.1, 0.15) is 0 Å². The van der Waals surface area contributed by atoms with Gasteiger partial charge in [-0.2, -0.15) is 0 Å². The number of nitrogens with one attached hydrogen (secondary N) is 3. The summed E-state index contributed by atoms with van der Waals surface area (Å²) in [5, 5.41) is 6.13.